The molecule has 1 atom stereocenters. The van der Waals surface area contributed by atoms with E-state index in [9.17, 15) is 23.9 Å². The van der Waals surface area contributed by atoms with Crippen LogP contribution in [0.5, 0.6) is 5.75 Å². The third-order valence-electron chi connectivity index (χ3n) is 5.43. The van der Waals surface area contributed by atoms with Crippen molar-refractivity contribution < 1.29 is 28.6 Å². The van der Waals surface area contributed by atoms with Gasteiger partial charge in [-0.15, -0.1) is 0 Å². The third kappa shape index (κ3) is 6.05. The van der Waals surface area contributed by atoms with Crippen molar-refractivity contribution in [1.29, 1.82) is 0 Å². The van der Waals surface area contributed by atoms with Crippen LogP contribution in [-0.2, 0) is 9.59 Å². The van der Waals surface area contributed by atoms with E-state index in [1.165, 1.54) is 34.1 Å². The van der Waals surface area contributed by atoms with Gasteiger partial charge < -0.3 is 25.0 Å². The second-order valence-corrected chi connectivity index (χ2v) is 8.27. The summed E-state index contributed by atoms with van der Waals surface area (Å²) in [4.78, 5) is 40.0. The first kappa shape index (κ1) is 25.0. The average Bonchev–Trinajstić information content (AvgIpc) is 2.79. The summed E-state index contributed by atoms with van der Waals surface area (Å²) in [5.41, 5.74) is 0.902. The number of halogens is 2. The SMILES string of the molecule is CC1=C(C(=O)O)C(c2cccc(Cl)c2)N(CCCN(C)C(=O)COc2ccc(F)cc2)C(=O)N1. The molecule has 2 N–H and O–H groups in total. The smallest absolute Gasteiger partial charge is 0.335 e. The van der Waals surface area contributed by atoms with Crippen LogP contribution in [0.4, 0.5) is 9.18 Å². The largest absolute Gasteiger partial charge is 0.484 e. The fourth-order valence-electron chi connectivity index (χ4n) is 3.70. The lowest BCUT2D eigenvalue weighted by atomic mass is 9.93. The van der Waals surface area contributed by atoms with E-state index in [0.717, 1.165) is 0 Å². The van der Waals surface area contributed by atoms with Crippen molar-refractivity contribution in [3.8, 4) is 5.75 Å². The van der Waals surface area contributed by atoms with Crippen LogP contribution < -0.4 is 10.1 Å². The number of ether oxygens (including phenoxy) is 1. The van der Waals surface area contributed by atoms with E-state index in [1.807, 2.05) is 0 Å². The molecule has 2 aromatic carbocycles. The molecule has 1 unspecified atom stereocenters. The quantitative estimate of drug-likeness (QED) is 0.557. The zero-order valence-corrected chi connectivity index (χ0v) is 19.5. The summed E-state index contributed by atoms with van der Waals surface area (Å²) in [5.74, 6) is -1.45. The molecular formula is C24H25ClFN3O5. The molecule has 3 rings (SSSR count). The molecule has 8 nitrogen and oxygen atoms in total. The second-order valence-electron chi connectivity index (χ2n) is 7.84. The molecule has 10 heteroatoms. The zero-order valence-electron chi connectivity index (χ0n) is 18.8. The van der Waals surface area contributed by atoms with Crippen molar-refractivity contribution >= 4 is 29.5 Å². The fraction of sp³-hybridized carbons (Fsp3) is 0.292. The maximum atomic E-state index is 13.0. The number of nitrogens with one attached hydrogen (secondary N) is 1. The Morgan fingerprint density at radius 1 is 1.24 bits per heavy atom. The maximum absolute atomic E-state index is 13.0. The Morgan fingerprint density at radius 2 is 1.94 bits per heavy atom. The van der Waals surface area contributed by atoms with Gasteiger partial charge in [0.1, 0.15) is 11.6 Å². The normalized spacial score (nSPS) is 15.7. The van der Waals surface area contributed by atoms with Gasteiger partial charge in [-0.1, -0.05) is 23.7 Å². The number of benzene rings is 2. The van der Waals surface area contributed by atoms with E-state index in [1.54, 1.807) is 38.2 Å². The van der Waals surface area contributed by atoms with Crippen LogP contribution in [-0.4, -0.2) is 59.6 Å². The Labute approximate surface area is 201 Å². The van der Waals surface area contributed by atoms with E-state index in [0.29, 0.717) is 29.3 Å². The molecule has 0 aliphatic carbocycles. The van der Waals surface area contributed by atoms with E-state index >= 15 is 0 Å². The van der Waals surface area contributed by atoms with Crippen molar-refractivity contribution in [2.45, 2.75) is 19.4 Å². The Hall–Kier alpha value is -3.59. The lowest BCUT2D eigenvalue weighted by Gasteiger charge is -2.37. The summed E-state index contributed by atoms with van der Waals surface area (Å²) in [6.45, 7) is 1.83. The molecule has 0 bridgehead atoms. The molecule has 180 valence electrons. The van der Waals surface area contributed by atoms with Gasteiger partial charge in [0.2, 0.25) is 0 Å². The minimum atomic E-state index is -1.14. The standard InChI is InChI=1S/C24H25ClFN3O5/c1-15-21(23(31)32)22(16-5-3-6-17(25)13-16)29(24(33)27-15)12-4-11-28(2)20(30)14-34-19-9-7-18(26)8-10-19/h3,5-10,13,22H,4,11-12,14H2,1-2H3,(H,27,33)(H,31,32). The molecule has 0 radical (unpaired) electrons. The second kappa shape index (κ2) is 11.0. The van der Waals surface area contributed by atoms with Gasteiger partial charge in [-0.2, -0.15) is 0 Å². The van der Waals surface area contributed by atoms with Gasteiger partial charge in [0.05, 0.1) is 11.6 Å². The number of likely N-dealkylation sites (N-methyl/N-ethyl adjacent to an activating group) is 1. The number of aliphatic carboxylic acids is 1. The summed E-state index contributed by atoms with van der Waals surface area (Å²) in [6.07, 6.45) is 0.398. The van der Waals surface area contributed by atoms with E-state index in [-0.39, 0.29) is 30.3 Å². The highest BCUT2D eigenvalue weighted by Gasteiger charge is 2.37. The molecule has 1 heterocycles. The van der Waals surface area contributed by atoms with Crippen LogP contribution in [0.15, 0.2) is 59.8 Å². The summed E-state index contributed by atoms with van der Waals surface area (Å²) >= 11 is 6.12. The molecule has 34 heavy (non-hydrogen) atoms. The van der Waals surface area contributed by atoms with Gasteiger partial charge in [-0.25, -0.2) is 14.0 Å². The van der Waals surface area contributed by atoms with E-state index in [4.69, 9.17) is 16.3 Å². The van der Waals surface area contributed by atoms with E-state index < -0.39 is 23.9 Å². The van der Waals surface area contributed by atoms with Crippen LogP contribution in [0.2, 0.25) is 5.02 Å². The highest BCUT2D eigenvalue weighted by atomic mass is 35.5. The zero-order chi connectivity index (χ0) is 24.8. The lowest BCUT2D eigenvalue weighted by molar-refractivity contribution is -0.133. The minimum Gasteiger partial charge on any atom is -0.484 e. The third-order valence-corrected chi connectivity index (χ3v) is 5.67. The summed E-state index contributed by atoms with van der Waals surface area (Å²) < 4.78 is 18.4. The van der Waals surface area contributed by atoms with Crippen LogP contribution in [0, 0.1) is 5.82 Å². The predicted octanol–water partition coefficient (Wildman–Crippen LogP) is 3.83. The number of hydrogen-bond acceptors (Lipinski definition) is 4. The number of carbonyl (C=O) groups is 3. The van der Waals surface area contributed by atoms with Crippen LogP contribution in [0.1, 0.15) is 24.9 Å². The van der Waals surface area contributed by atoms with E-state index in [2.05, 4.69) is 5.32 Å². The van der Waals surface area contributed by atoms with Crippen molar-refractivity contribution in [2.75, 3.05) is 26.7 Å². The molecular weight excluding hydrogens is 465 g/mol. The Balaban J connectivity index is 1.65. The van der Waals surface area contributed by atoms with Gasteiger partial charge >= 0.3 is 12.0 Å². The number of carbonyl (C=O) groups excluding carboxylic acids is 2. The summed E-state index contributed by atoms with van der Waals surface area (Å²) in [6, 6.07) is 10.8. The van der Waals surface area contributed by atoms with Gasteiger partial charge in [-0.3, -0.25) is 4.79 Å². The van der Waals surface area contributed by atoms with Crippen molar-refractivity contribution in [3.63, 3.8) is 0 Å². The molecule has 0 aromatic heterocycles. The molecule has 0 fully saturated rings. The van der Waals surface area contributed by atoms with Crippen molar-refractivity contribution in [1.82, 2.24) is 15.1 Å². The van der Waals surface area contributed by atoms with Gasteiger partial charge in [0.25, 0.3) is 5.91 Å². The Morgan fingerprint density at radius 3 is 2.59 bits per heavy atom. The fourth-order valence-corrected chi connectivity index (χ4v) is 3.90. The monoisotopic (exact) mass is 489 g/mol. The first-order valence-electron chi connectivity index (χ1n) is 10.6. The molecule has 3 amide bonds. The Bertz CT molecular complexity index is 1110. The highest BCUT2D eigenvalue weighted by molar-refractivity contribution is 6.30. The molecule has 0 saturated heterocycles. The molecule has 1 aliphatic heterocycles. The number of nitrogens with zero attached hydrogens (tertiary/aromatic N) is 2. The number of carboxylic acid groups (broad SMARTS) is 1. The van der Waals surface area contributed by atoms with Crippen LogP contribution in [0.3, 0.4) is 0 Å². The van der Waals surface area contributed by atoms with Gasteiger partial charge in [0, 0.05) is 30.9 Å². The first-order chi connectivity index (χ1) is 16.2. The van der Waals surface area contributed by atoms with Crippen molar-refractivity contribution in [3.05, 3.63) is 76.2 Å². The lowest BCUT2D eigenvalue weighted by Crippen LogP contribution is -2.49. The number of allylic oxidation sites excluding steroid dienone is 1. The number of urea groups is 1. The average molecular weight is 490 g/mol. The molecule has 0 saturated carbocycles. The maximum Gasteiger partial charge on any atom is 0.335 e. The first-order valence-corrected chi connectivity index (χ1v) is 10.9. The topological polar surface area (TPSA) is 99.2 Å². The highest BCUT2D eigenvalue weighted by Crippen LogP contribution is 2.34. The minimum absolute atomic E-state index is 0.0546. The molecule has 0 spiro atoms. The van der Waals surface area contributed by atoms with Crippen molar-refractivity contribution in [2.24, 2.45) is 0 Å². The summed E-state index contributed by atoms with van der Waals surface area (Å²) in [5, 5.41) is 12.8. The number of rotatable bonds is 9. The van der Waals surface area contributed by atoms with Crippen LogP contribution in [0.25, 0.3) is 0 Å². The number of carboxylic acids is 1. The predicted molar refractivity (Wildman–Crippen MR) is 124 cm³/mol. The number of hydrogen-bond donors (Lipinski definition) is 2. The number of amides is 3. The molecule has 2 aromatic rings. The van der Waals surface area contributed by atoms with Gasteiger partial charge in [0.15, 0.2) is 6.61 Å². The van der Waals surface area contributed by atoms with Gasteiger partial charge in [-0.05, 0) is 55.3 Å². The molecule has 1 aliphatic rings. The van der Waals surface area contributed by atoms with Crippen LogP contribution >= 0.6 is 11.6 Å². The Kier molecular flexibility index (Phi) is 8.12. The summed E-state index contributed by atoms with van der Waals surface area (Å²) in [7, 11) is 1.60.